The maximum Gasteiger partial charge on any atom is 0.509 e. The van der Waals surface area contributed by atoms with Gasteiger partial charge in [0.05, 0.1) is 26.2 Å². The van der Waals surface area contributed by atoms with Crippen LogP contribution in [0.2, 0.25) is 0 Å². The van der Waals surface area contributed by atoms with Crippen LogP contribution in [0, 0.1) is 0 Å². The number of piperazine rings is 1. The number of amides is 3. The van der Waals surface area contributed by atoms with Gasteiger partial charge in [-0.1, -0.05) is 12.1 Å². The van der Waals surface area contributed by atoms with Crippen LogP contribution in [0.25, 0.3) is 0 Å². The zero-order valence-electron chi connectivity index (χ0n) is 27.1. The van der Waals surface area contributed by atoms with E-state index in [1.165, 1.54) is 28.8 Å². The lowest BCUT2D eigenvalue weighted by Crippen LogP contribution is -2.57. The summed E-state index contributed by atoms with van der Waals surface area (Å²) in [5.74, 6) is -0.551. The minimum atomic E-state index is -1.09. The third kappa shape index (κ3) is 9.23. The number of likely N-dealkylation sites (tertiary alicyclic amines) is 1. The molecule has 2 aliphatic rings. The van der Waals surface area contributed by atoms with Gasteiger partial charge in [-0.2, -0.15) is 0 Å². The summed E-state index contributed by atoms with van der Waals surface area (Å²) >= 11 is 0. The number of hydrogen-bond donors (Lipinski definition) is 0. The second-order valence-corrected chi connectivity index (χ2v) is 13.1. The summed E-state index contributed by atoms with van der Waals surface area (Å²) in [6.45, 7) is 10.1. The lowest BCUT2D eigenvalue weighted by Gasteiger charge is -2.36. The third-order valence-electron chi connectivity index (χ3n) is 7.18. The van der Waals surface area contributed by atoms with Crippen LogP contribution in [-0.2, 0) is 39.8 Å². The molecular formula is C31H45N3O10. The first-order valence-electron chi connectivity index (χ1n) is 14.6. The number of likely N-dealkylation sites (N-methyl/N-ethyl adjacent to an activating group) is 2. The average Bonchev–Trinajstić information content (AvgIpc) is 3.22. The molecule has 44 heavy (non-hydrogen) atoms. The van der Waals surface area contributed by atoms with E-state index in [2.05, 4.69) is 0 Å². The Morgan fingerprint density at radius 2 is 1.52 bits per heavy atom. The monoisotopic (exact) mass is 619 g/mol. The summed E-state index contributed by atoms with van der Waals surface area (Å²) in [7, 11) is 4.61. The van der Waals surface area contributed by atoms with Crippen molar-refractivity contribution in [2.24, 2.45) is 0 Å². The molecule has 0 radical (unpaired) electrons. The Bertz CT molecular complexity index is 1220. The Morgan fingerprint density at radius 3 is 2.09 bits per heavy atom. The second kappa shape index (κ2) is 13.7. The Labute approximate surface area is 258 Å². The van der Waals surface area contributed by atoms with Gasteiger partial charge in [-0.3, -0.25) is 19.3 Å². The van der Waals surface area contributed by atoms with Gasteiger partial charge in [-0.05, 0) is 72.1 Å². The number of nitrogens with zero attached hydrogens (tertiary/aromatic N) is 3. The highest BCUT2D eigenvalue weighted by Gasteiger charge is 2.50. The molecule has 3 amide bonds. The highest BCUT2D eigenvalue weighted by Crippen LogP contribution is 2.31. The number of hydrogen-bond acceptors (Lipinski definition) is 10. The summed E-state index contributed by atoms with van der Waals surface area (Å²) in [5, 5.41) is 0. The fourth-order valence-electron chi connectivity index (χ4n) is 5.04. The van der Waals surface area contributed by atoms with E-state index in [9.17, 15) is 24.0 Å². The van der Waals surface area contributed by atoms with Gasteiger partial charge in [0.1, 0.15) is 23.0 Å². The van der Waals surface area contributed by atoms with Crippen LogP contribution in [0.3, 0.4) is 0 Å². The molecule has 2 saturated heterocycles. The van der Waals surface area contributed by atoms with Crippen molar-refractivity contribution in [2.45, 2.75) is 96.3 Å². The topological polar surface area (TPSA) is 141 Å². The molecule has 1 aromatic carbocycles. The Hall–Kier alpha value is -4.03. The normalized spacial score (nSPS) is 22.5. The largest absolute Gasteiger partial charge is 0.509 e. The van der Waals surface area contributed by atoms with Crippen LogP contribution < -0.4 is 4.74 Å². The molecular weight excluding hydrogens is 574 g/mol. The predicted molar refractivity (Wildman–Crippen MR) is 158 cm³/mol. The molecule has 0 saturated carbocycles. The summed E-state index contributed by atoms with van der Waals surface area (Å²) in [4.78, 5) is 68.5. The zero-order chi connectivity index (χ0) is 33.0. The van der Waals surface area contributed by atoms with Crippen LogP contribution in [-0.4, -0.2) is 115 Å². The predicted octanol–water partition coefficient (Wildman–Crippen LogP) is 3.17. The molecule has 1 aromatic rings. The molecule has 2 fully saturated rings. The molecule has 0 N–H and O–H groups in total. The van der Waals surface area contributed by atoms with E-state index in [0.29, 0.717) is 5.75 Å². The molecule has 13 nitrogen and oxygen atoms in total. The highest BCUT2D eigenvalue weighted by molar-refractivity contribution is 5.94. The van der Waals surface area contributed by atoms with Gasteiger partial charge >= 0.3 is 18.2 Å². The fourth-order valence-corrected chi connectivity index (χ4v) is 5.04. The number of ether oxygens (including phenoxy) is 5. The molecule has 13 heteroatoms. The number of methoxy groups -OCH3 is 1. The lowest BCUT2D eigenvalue weighted by molar-refractivity contribution is -0.158. The quantitative estimate of drug-likeness (QED) is 0.315. The van der Waals surface area contributed by atoms with Crippen LogP contribution in [0.4, 0.5) is 9.59 Å². The SMILES string of the molecule is COc1ccc(C[C@@H]2[C@H](OC(=O)CCC3C(=O)N(C)CC(=O)N3C)[C@@H](OC(=O)OC(C)(C)C)CN2C(=O)OC(C)(C)C)cc1. The number of benzene rings is 1. The first-order chi connectivity index (χ1) is 20.4. The number of carbonyl (C=O) groups excluding carboxylic acids is 5. The molecule has 0 aromatic heterocycles. The van der Waals surface area contributed by atoms with Gasteiger partial charge in [0.15, 0.2) is 12.2 Å². The van der Waals surface area contributed by atoms with Crippen molar-refractivity contribution in [3.8, 4) is 5.75 Å². The summed E-state index contributed by atoms with van der Waals surface area (Å²) < 4.78 is 27.9. The van der Waals surface area contributed by atoms with Crippen molar-refractivity contribution >= 4 is 30.0 Å². The first-order valence-corrected chi connectivity index (χ1v) is 14.6. The van der Waals surface area contributed by atoms with Gasteiger partial charge in [0, 0.05) is 20.5 Å². The van der Waals surface area contributed by atoms with Gasteiger partial charge in [0.25, 0.3) is 0 Å². The number of carbonyl (C=O) groups is 5. The van der Waals surface area contributed by atoms with Crippen molar-refractivity contribution in [3.05, 3.63) is 29.8 Å². The molecule has 2 heterocycles. The smallest absolute Gasteiger partial charge is 0.497 e. The van der Waals surface area contributed by atoms with Crippen molar-refractivity contribution < 1.29 is 47.7 Å². The zero-order valence-corrected chi connectivity index (χ0v) is 27.1. The van der Waals surface area contributed by atoms with E-state index in [-0.39, 0.29) is 44.2 Å². The maximum absolute atomic E-state index is 13.4. The number of rotatable bonds is 8. The second-order valence-electron chi connectivity index (χ2n) is 13.1. The van der Waals surface area contributed by atoms with E-state index in [1.807, 2.05) is 12.1 Å². The molecule has 1 unspecified atom stereocenters. The van der Waals surface area contributed by atoms with Crippen LogP contribution >= 0.6 is 0 Å². The van der Waals surface area contributed by atoms with Gasteiger partial charge in [-0.25, -0.2) is 9.59 Å². The van der Waals surface area contributed by atoms with E-state index in [0.717, 1.165) is 5.56 Å². The lowest BCUT2D eigenvalue weighted by atomic mass is 10.0. The standard InChI is InChI=1S/C31H45N3O10/c1-30(2,3)43-28(38)34-17-23(41-29(39)44-31(4,5)6)26(22(34)16-19-10-12-20(40-9)13-11-19)42-25(36)15-14-21-27(37)32(7)18-24(35)33(21)8/h10-13,21-23,26H,14-18H2,1-9H3/t21?,22-,23+,26+/m1/s1. The van der Waals surface area contributed by atoms with E-state index in [4.69, 9.17) is 23.7 Å². The fraction of sp³-hybridized carbons (Fsp3) is 0.645. The minimum Gasteiger partial charge on any atom is -0.497 e. The van der Waals surface area contributed by atoms with E-state index >= 15 is 0 Å². The van der Waals surface area contributed by atoms with Gasteiger partial charge in [0.2, 0.25) is 11.8 Å². The summed E-state index contributed by atoms with van der Waals surface area (Å²) in [6, 6.07) is 5.60. The summed E-state index contributed by atoms with van der Waals surface area (Å²) in [5.41, 5.74) is -0.862. The van der Waals surface area contributed by atoms with E-state index in [1.54, 1.807) is 60.8 Å². The average molecular weight is 620 g/mol. The van der Waals surface area contributed by atoms with Gasteiger partial charge in [-0.15, -0.1) is 0 Å². The molecule has 0 aliphatic carbocycles. The van der Waals surface area contributed by atoms with Crippen molar-refractivity contribution in [2.75, 3.05) is 34.3 Å². The Kier molecular flexibility index (Phi) is 10.8. The highest BCUT2D eigenvalue weighted by atomic mass is 16.7. The summed E-state index contributed by atoms with van der Waals surface area (Å²) in [6.07, 6.45) is -3.73. The van der Waals surface area contributed by atoms with E-state index < -0.39 is 53.7 Å². The van der Waals surface area contributed by atoms with Crippen molar-refractivity contribution in [3.63, 3.8) is 0 Å². The Balaban J connectivity index is 1.89. The molecule has 0 bridgehead atoms. The first kappa shape index (κ1) is 34.5. The minimum absolute atomic E-state index is 0.0322. The molecule has 3 rings (SSSR count). The molecule has 4 atom stereocenters. The van der Waals surface area contributed by atoms with Crippen molar-refractivity contribution in [1.82, 2.24) is 14.7 Å². The van der Waals surface area contributed by atoms with Crippen molar-refractivity contribution in [1.29, 1.82) is 0 Å². The van der Waals surface area contributed by atoms with Gasteiger partial charge < -0.3 is 33.5 Å². The third-order valence-corrected chi connectivity index (χ3v) is 7.18. The maximum atomic E-state index is 13.4. The van der Waals surface area contributed by atoms with Crippen LogP contribution in [0.1, 0.15) is 59.9 Å². The van der Waals surface area contributed by atoms with Crippen LogP contribution in [0.15, 0.2) is 24.3 Å². The molecule has 0 spiro atoms. The number of esters is 1. The molecule has 244 valence electrons. The molecule has 2 aliphatic heterocycles. The van der Waals surface area contributed by atoms with Crippen LogP contribution in [0.5, 0.6) is 5.75 Å². The Morgan fingerprint density at radius 1 is 0.909 bits per heavy atom.